The van der Waals surface area contributed by atoms with Crippen LogP contribution in [0.3, 0.4) is 0 Å². The molecule has 4 fully saturated rings. The van der Waals surface area contributed by atoms with Crippen LogP contribution in [0.15, 0.2) is 23.8 Å². The molecule has 8 heteroatoms. The second kappa shape index (κ2) is 7.75. The third kappa shape index (κ3) is 3.06. The van der Waals surface area contributed by atoms with E-state index < -0.39 is 69.0 Å². The maximum atomic E-state index is 17.3. The average Bonchev–Trinajstić information content (AvgIpc) is 2.97. The zero-order valence-corrected chi connectivity index (χ0v) is 22.4. The third-order valence-corrected chi connectivity index (χ3v) is 11.0. The zero-order valence-electron chi connectivity index (χ0n) is 21.5. The Morgan fingerprint density at radius 1 is 1.11 bits per heavy atom. The normalized spacial score (nSPS) is 49.3. The van der Waals surface area contributed by atoms with E-state index in [4.69, 9.17) is 4.74 Å². The van der Waals surface area contributed by atoms with Crippen molar-refractivity contribution in [2.45, 2.75) is 90.3 Å². The van der Waals surface area contributed by atoms with Gasteiger partial charge in [-0.25, -0.2) is 8.78 Å². The molecule has 4 saturated carbocycles. The smallest absolute Gasteiger partial charge is 0.310 e. The van der Waals surface area contributed by atoms with Gasteiger partial charge in [0.2, 0.25) is 5.12 Å². The van der Waals surface area contributed by atoms with Gasteiger partial charge in [0.25, 0.3) is 0 Å². The number of esters is 1. The minimum absolute atomic E-state index is 0.0260. The summed E-state index contributed by atoms with van der Waals surface area (Å²) in [6, 6.07) is 0. The van der Waals surface area contributed by atoms with Gasteiger partial charge in [0.05, 0.1) is 12.0 Å². The lowest BCUT2D eigenvalue weighted by atomic mass is 9.44. The van der Waals surface area contributed by atoms with Crippen molar-refractivity contribution >= 4 is 29.5 Å². The van der Waals surface area contributed by atoms with E-state index in [9.17, 15) is 19.5 Å². The molecule has 36 heavy (non-hydrogen) atoms. The van der Waals surface area contributed by atoms with Crippen LogP contribution >= 0.6 is 12.6 Å². The van der Waals surface area contributed by atoms with Crippen molar-refractivity contribution in [3.63, 3.8) is 0 Å². The first-order valence-electron chi connectivity index (χ1n) is 13.0. The Morgan fingerprint density at radius 3 is 2.33 bits per heavy atom. The number of hydrogen-bond donors (Lipinski definition) is 2. The molecule has 9 atom stereocenters. The highest BCUT2D eigenvalue weighted by molar-refractivity contribution is 7.96. The molecule has 0 aromatic rings. The molecule has 5 aliphatic carbocycles. The topological polar surface area (TPSA) is 80.7 Å². The van der Waals surface area contributed by atoms with Crippen LogP contribution in [0, 0.1) is 39.9 Å². The number of carbonyl (C=O) groups excluding carboxylic acids is 3. The highest BCUT2D eigenvalue weighted by Gasteiger charge is 2.78. The number of thiol groups is 1. The molecule has 5 nitrogen and oxygen atoms in total. The van der Waals surface area contributed by atoms with Crippen molar-refractivity contribution in [2.75, 3.05) is 0 Å². The summed E-state index contributed by atoms with van der Waals surface area (Å²) < 4.78 is 39.0. The molecule has 198 valence electrons. The second-order valence-corrected chi connectivity index (χ2v) is 13.6. The molecule has 0 aromatic carbocycles. The Hall–Kier alpha value is -1.54. The van der Waals surface area contributed by atoms with Gasteiger partial charge in [0.1, 0.15) is 6.17 Å². The lowest BCUT2D eigenvalue weighted by Gasteiger charge is -2.63. The SMILES string of the molecule is CC1C[C@H]2[C@@H]3CC(F)C4=CC(=O)C=C[C@]4(C)C3(F)C(O)C[C@]2(C)C1(OC(=O)C1CC(C)(C)C1)C(=O)S. The van der Waals surface area contributed by atoms with Gasteiger partial charge in [0.15, 0.2) is 17.1 Å². The molecule has 5 aliphatic rings. The Morgan fingerprint density at radius 2 is 1.75 bits per heavy atom. The Balaban J connectivity index is 1.57. The predicted molar refractivity (Wildman–Crippen MR) is 133 cm³/mol. The number of fused-ring (bicyclic) bond motifs is 5. The fourth-order valence-corrected chi connectivity index (χ4v) is 9.44. The summed E-state index contributed by atoms with van der Waals surface area (Å²) in [4.78, 5) is 38.5. The van der Waals surface area contributed by atoms with E-state index in [-0.39, 0.29) is 29.7 Å². The first kappa shape index (κ1) is 26.1. The summed E-state index contributed by atoms with van der Waals surface area (Å²) in [5, 5.41) is 10.9. The molecule has 5 unspecified atom stereocenters. The number of carbonyl (C=O) groups is 3. The van der Waals surface area contributed by atoms with Crippen molar-refractivity contribution in [2.24, 2.45) is 39.9 Å². The van der Waals surface area contributed by atoms with E-state index in [1.54, 1.807) is 20.8 Å². The average molecular weight is 523 g/mol. The summed E-state index contributed by atoms with van der Waals surface area (Å²) in [5.41, 5.74) is -6.46. The van der Waals surface area contributed by atoms with Gasteiger partial charge in [0, 0.05) is 22.7 Å². The van der Waals surface area contributed by atoms with E-state index in [1.165, 1.54) is 12.2 Å². The molecule has 5 rings (SSSR count). The fraction of sp³-hybridized carbons (Fsp3) is 0.750. The highest BCUT2D eigenvalue weighted by Crippen LogP contribution is 2.72. The van der Waals surface area contributed by atoms with Gasteiger partial charge in [-0.1, -0.05) is 33.8 Å². The Labute approximate surface area is 216 Å². The van der Waals surface area contributed by atoms with Crippen LogP contribution in [0.5, 0.6) is 0 Å². The minimum Gasteiger partial charge on any atom is -0.449 e. The number of halogens is 2. The lowest BCUT2D eigenvalue weighted by Crippen LogP contribution is -2.70. The summed E-state index contributed by atoms with van der Waals surface area (Å²) in [6.07, 6.45) is 1.92. The Bertz CT molecular complexity index is 1090. The summed E-state index contributed by atoms with van der Waals surface area (Å²) in [6.45, 7) is 9.23. The number of aliphatic hydroxyl groups excluding tert-OH is 1. The van der Waals surface area contributed by atoms with Gasteiger partial charge >= 0.3 is 5.97 Å². The largest absolute Gasteiger partial charge is 0.449 e. The summed E-state index contributed by atoms with van der Waals surface area (Å²) >= 11 is 4.20. The van der Waals surface area contributed by atoms with Crippen LogP contribution in [0.2, 0.25) is 0 Å². The monoisotopic (exact) mass is 522 g/mol. The van der Waals surface area contributed by atoms with Gasteiger partial charge in [-0.2, -0.15) is 0 Å². The summed E-state index contributed by atoms with van der Waals surface area (Å²) in [5.74, 6) is -3.16. The number of aliphatic hydroxyl groups is 1. The number of ketones is 1. The standard InChI is InChI=1S/C28H36F2O5S/c1-14-8-17-18-10-20(29)19-9-16(31)6-7-25(19,4)27(18,30)21(32)13-26(17,5)28(14,23(34)36)35-22(33)15-11-24(2,3)12-15/h6-7,9,14-15,17-18,20-21,32H,8,10-13H2,1-5H3,(H,34,36)/t14?,17-,18-,20?,21?,25-,26-,27?,28?/m0/s1. The molecule has 0 radical (unpaired) electrons. The van der Waals surface area contributed by atoms with Crippen molar-refractivity contribution in [3.8, 4) is 0 Å². The molecular formula is C28H36F2O5S. The van der Waals surface area contributed by atoms with E-state index in [0.717, 1.165) is 6.08 Å². The molecular weight excluding hydrogens is 486 g/mol. The van der Waals surface area contributed by atoms with Crippen LogP contribution in [-0.2, 0) is 19.1 Å². The highest BCUT2D eigenvalue weighted by atomic mass is 32.1. The van der Waals surface area contributed by atoms with Crippen LogP contribution in [0.4, 0.5) is 8.78 Å². The first-order valence-corrected chi connectivity index (χ1v) is 13.4. The molecule has 0 spiro atoms. The second-order valence-electron chi connectivity index (χ2n) is 13.2. The van der Waals surface area contributed by atoms with E-state index in [1.807, 2.05) is 0 Å². The van der Waals surface area contributed by atoms with Crippen molar-refractivity contribution in [3.05, 3.63) is 23.8 Å². The van der Waals surface area contributed by atoms with E-state index >= 15 is 8.78 Å². The molecule has 0 amide bonds. The zero-order chi connectivity index (χ0) is 26.6. The minimum atomic E-state index is -2.25. The molecule has 1 N–H and O–H groups in total. The van der Waals surface area contributed by atoms with Crippen molar-refractivity contribution < 1.29 is 33.0 Å². The number of alkyl halides is 2. The predicted octanol–water partition coefficient (Wildman–Crippen LogP) is 4.73. The number of allylic oxidation sites excluding steroid dienone is 4. The Kier molecular flexibility index (Phi) is 5.61. The van der Waals surface area contributed by atoms with Crippen LogP contribution < -0.4 is 0 Å². The molecule has 0 heterocycles. The quantitative estimate of drug-likeness (QED) is 0.414. The number of rotatable bonds is 3. The molecule has 0 saturated heterocycles. The molecule has 0 aliphatic heterocycles. The lowest BCUT2D eigenvalue weighted by molar-refractivity contribution is -0.231. The third-order valence-electron chi connectivity index (χ3n) is 10.7. The maximum Gasteiger partial charge on any atom is 0.310 e. The van der Waals surface area contributed by atoms with Crippen molar-refractivity contribution in [1.29, 1.82) is 0 Å². The number of ether oxygens (including phenoxy) is 1. The van der Waals surface area contributed by atoms with Crippen LogP contribution in [0.25, 0.3) is 0 Å². The van der Waals surface area contributed by atoms with Gasteiger partial charge in [-0.15, -0.1) is 12.6 Å². The fourth-order valence-electron chi connectivity index (χ4n) is 8.92. The van der Waals surface area contributed by atoms with E-state index in [0.29, 0.717) is 19.3 Å². The van der Waals surface area contributed by atoms with E-state index in [2.05, 4.69) is 26.5 Å². The number of hydrogen-bond acceptors (Lipinski definition) is 5. The van der Waals surface area contributed by atoms with Gasteiger partial charge in [-0.3, -0.25) is 14.4 Å². The van der Waals surface area contributed by atoms with Gasteiger partial charge < -0.3 is 9.84 Å². The molecule has 0 bridgehead atoms. The van der Waals surface area contributed by atoms with Gasteiger partial charge in [-0.05, 0) is 68.1 Å². The molecule has 0 aromatic heterocycles. The van der Waals surface area contributed by atoms with Crippen LogP contribution in [-0.4, -0.2) is 45.5 Å². The van der Waals surface area contributed by atoms with Crippen molar-refractivity contribution in [1.82, 2.24) is 0 Å². The first-order chi connectivity index (χ1) is 16.5. The maximum absolute atomic E-state index is 17.3. The summed E-state index contributed by atoms with van der Waals surface area (Å²) in [7, 11) is 0. The van der Waals surface area contributed by atoms with Crippen LogP contribution in [0.1, 0.15) is 66.7 Å².